The Labute approximate surface area is 142 Å². The molecule has 0 amide bonds. The molecule has 0 bridgehead atoms. The Morgan fingerprint density at radius 2 is 2.08 bits per heavy atom. The van der Waals surface area contributed by atoms with Crippen molar-refractivity contribution in [3.8, 4) is 0 Å². The van der Waals surface area contributed by atoms with Crippen molar-refractivity contribution >= 4 is 18.0 Å². The van der Waals surface area contributed by atoms with E-state index in [2.05, 4.69) is 21.9 Å². The number of nitrogens with zero attached hydrogens (tertiary/aromatic N) is 4. The molecule has 0 N–H and O–H groups in total. The molecule has 6 nitrogen and oxygen atoms in total. The molecule has 0 aliphatic heterocycles. The topological polar surface area (TPSA) is 67.7 Å². The van der Waals surface area contributed by atoms with Crippen molar-refractivity contribution < 1.29 is 9.53 Å². The van der Waals surface area contributed by atoms with Gasteiger partial charge in [0.05, 0.1) is 29.5 Å². The van der Waals surface area contributed by atoms with Gasteiger partial charge in [0.15, 0.2) is 0 Å². The monoisotopic (exact) mass is 326 g/mol. The third kappa shape index (κ3) is 4.38. The van der Waals surface area contributed by atoms with E-state index < -0.39 is 0 Å². The summed E-state index contributed by atoms with van der Waals surface area (Å²) < 4.78 is 5.32. The number of carbonyl (C=O) groups is 1. The molecule has 1 heterocycles. The highest BCUT2D eigenvalue weighted by Crippen LogP contribution is 2.25. The lowest BCUT2D eigenvalue weighted by Gasteiger charge is -2.12. The van der Waals surface area contributed by atoms with Crippen molar-refractivity contribution in [1.29, 1.82) is 0 Å². The molecular weight excluding hydrogens is 304 g/mol. The second-order valence-corrected chi connectivity index (χ2v) is 5.47. The van der Waals surface area contributed by atoms with Gasteiger partial charge in [-0.3, -0.25) is 9.97 Å². The highest BCUT2D eigenvalue weighted by Gasteiger charge is 2.14. The standard InChI is InChI=1S/C18H22N4O2/c1-5-22(4)12-21-17-7-6-16(13(2)14(17)3)18(23)24-11-15-10-19-8-9-20-15/h6-10,12H,5,11H2,1-4H3. The lowest BCUT2D eigenvalue weighted by atomic mass is 10.0. The Bertz CT molecular complexity index is 729. The lowest BCUT2D eigenvalue weighted by molar-refractivity contribution is 0.0466. The third-order valence-electron chi connectivity index (χ3n) is 3.84. The number of hydrogen-bond acceptors (Lipinski definition) is 5. The van der Waals surface area contributed by atoms with Crippen LogP contribution in [0.5, 0.6) is 0 Å². The molecule has 0 atom stereocenters. The van der Waals surface area contributed by atoms with Gasteiger partial charge >= 0.3 is 5.97 Å². The van der Waals surface area contributed by atoms with Crippen LogP contribution in [0.15, 0.2) is 35.7 Å². The van der Waals surface area contributed by atoms with Gasteiger partial charge in [-0.2, -0.15) is 0 Å². The van der Waals surface area contributed by atoms with E-state index in [0.29, 0.717) is 11.3 Å². The summed E-state index contributed by atoms with van der Waals surface area (Å²) in [6, 6.07) is 3.58. The molecule has 6 heteroatoms. The Morgan fingerprint density at radius 3 is 2.75 bits per heavy atom. The maximum Gasteiger partial charge on any atom is 0.338 e. The first-order valence-corrected chi connectivity index (χ1v) is 7.79. The first-order valence-electron chi connectivity index (χ1n) is 7.79. The van der Waals surface area contributed by atoms with Crippen LogP contribution < -0.4 is 0 Å². The van der Waals surface area contributed by atoms with Gasteiger partial charge in [-0.25, -0.2) is 9.79 Å². The highest BCUT2D eigenvalue weighted by atomic mass is 16.5. The fourth-order valence-electron chi connectivity index (χ4n) is 2.03. The van der Waals surface area contributed by atoms with Gasteiger partial charge in [0, 0.05) is 26.0 Å². The molecule has 0 aliphatic rings. The van der Waals surface area contributed by atoms with Crippen molar-refractivity contribution in [1.82, 2.24) is 14.9 Å². The number of rotatable bonds is 6. The summed E-state index contributed by atoms with van der Waals surface area (Å²) in [6.45, 7) is 6.89. The largest absolute Gasteiger partial charge is 0.456 e. The molecular formula is C18H22N4O2. The van der Waals surface area contributed by atoms with Gasteiger partial charge in [0.1, 0.15) is 6.61 Å². The zero-order valence-corrected chi connectivity index (χ0v) is 14.5. The van der Waals surface area contributed by atoms with Crippen LogP contribution in [-0.4, -0.2) is 40.8 Å². The van der Waals surface area contributed by atoms with Crippen LogP contribution in [0.4, 0.5) is 5.69 Å². The molecule has 0 aliphatic carbocycles. The maximum absolute atomic E-state index is 12.3. The predicted octanol–water partition coefficient (Wildman–Crippen LogP) is 3.06. The minimum Gasteiger partial charge on any atom is -0.456 e. The molecule has 1 aromatic heterocycles. The second-order valence-electron chi connectivity index (χ2n) is 5.47. The van der Waals surface area contributed by atoms with E-state index in [1.165, 1.54) is 0 Å². The van der Waals surface area contributed by atoms with Gasteiger partial charge in [0.2, 0.25) is 0 Å². The average Bonchev–Trinajstić information content (AvgIpc) is 2.61. The minimum absolute atomic E-state index is 0.104. The predicted molar refractivity (Wildman–Crippen MR) is 93.5 cm³/mol. The van der Waals surface area contributed by atoms with Crippen LogP contribution in [-0.2, 0) is 11.3 Å². The quantitative estimate of drug-likeness (QED) is 0.464. The van der Waals surface area contributed by atoms with Crippen molar-refractivity contribution in [3.63, 3.8) is 0 Å². The van der Waals surface area contributed by atoms with Crippen LogP contribution in [0, 0.1) is 13.8 Å². The fourth-order valence-corrected chi connectivity index (χ4v) is 2.03. The molecule has 0 unspecified atom stereocenters. The fraction of sp³-hybridized carbons (Fsp3) is 0.333. The Hall–Kier alpha value is -2.76. The molecule has 0 radical (unpaired) electrons. The first-order chi connectivity index (χ1) is 11.5. The summed E-state index contributed by atoms with van der Waals surface area (Å²) in [5, 5.41) is 0. The highest BCUT2D eigenvalue weighted by molar-refractivity contribution is 5.92. The molecule has 0 saturated heterocycles. The van der Waals surface area contributed by atoms with Crippen molar-refractivity contribution in [3.05, 3.63) is 53.1 Å². The first kappa shape index (κ1) is 17.6. The molecule has 0 saturated carbocycles. The number of hydrogen-bond donors (Lipinski definition) is 0. The summed E-state index contributed by atoms with van der Waals surface area (Å²) >= 11 is 0. The Kier molecular flexibility index (Phi) is 6.01. The van der Waals surface area contributed by atoms with Gasteiger partial charge in [-0.05, 0) is 44.0 Å². The number of carbonyl (C=O) groups excluding carboxylic acids is 1. The normalized spacial score (nSPS) is 10.8. The SMILES string of the molecule is CCN(C)C=Nc1ccc(C(=O)OCc2cnccn2)c(C)c1C. The number of ether oxygens (including phenoxy) is 1. The Morgan fingerprint density at radius 1 is 1.29 bits per heavy atom. The minimum atomic E-state index is -0.373. The number of esters is 1. The van der Waals surface area contributed by atoms with Gasteiger partial charge < -0.3 is 9.64 Å². The second kappa shape index (κ2) is 8.19. The lowest BCUT2D eigenvalue weighted by Crippen LogP contribution is -2.14. The van der Waals surface area contributed by atoms with E-state index in [4.69, 9.17) is 4.74 Å². The van der Waals surface area contributed by atoms with Gasteiger partial charge in [-0.15, -0.1) is 0 Å². The zero-order chi connectivity index (χ0) is 17.5. The molecule has 2 rings (SSSR count). The van der Waals surface area contributed by atoms with E-state index in [9.17, 15) is 4.79 Å². The van der Waals surface area contributed by atoms with Crippen molar-refractivity contribution in [2.75, 3.05) is 13.6 Å². The number of aromatic nitrogens is 2. The molecule has 2 aromatic rings. The van der Waals surface area contributed by atoms with Crippen LogP contribution in [0.2, 0.25) is 0 Å². The van der Waals surface area contributed by atoms with Crippen LogP contribution in [0.25, 0.3) is 0 Å². The van der Waals surface area contributed by atoms with Gasteiger partial charge in [0.25, 0.3) is 0 Å². The summed E-state index contributed by atoms with van der Waals surface area (Å²) in [4.78, 5) is 26.8. The van der Waals surface area contributed by atoms with Crippen molar-refractivity contribution in [2.24, 2.45) is 4.99 Å². The van der Waals surface area contributed by atoms with E-state index in [1.807, 2.05) is 31.9 Å². The maximum atomic E-state index is 12.3. The average molecular weight is 326 g/mol. The number of aliphatic imine (C=N–C) groups is 1. The molecule has 1 aromatic carbocycles. The van der Waals surface area contributed by atoms with E-state index in [-0.39, 0.29) is 12.6 Å². The smallest absolute Gasteiger partial charge is 0.338 e. The third-order valence-corrected chi connectivity index (χ3v) is 3.84. The summed E-state index contributed by atoms with van der Waals surface area (Å²) in [5.41, 5.74) is 3.83. The molecule has 24 heavy (non-hydrogen) atoms. The molecule has 0 fully saturated rings. The van der Waals surface area contributed by atoms with E-state index in [1.54, 1.807) is 31.0 Å². The van der Waals surface area contributed by atoms with Crippen LogP contribution in [0.3, 0.4) is 0 Å². The van der Waals surface area contributed by atoms with E-state index >= 15 is 0 Å². The van der Waals surface area contributed by atoms with E-state index in [0.717, 1.165) is 23.4 Å². The summed E-state index contributed by atoms with van der Waals surface area (Å²) in [7, 11) is 1.96. The van der Waals surface area contributed by atoms with Gasteiger partial charge in [-0.1, -0.05) is 0 Å². The Balaban J connectivity index is 2.12. The van der Waals surface area contributed by atoms with Crippen LogP contribution >= 0.6 is 0 Å². The zero-order valence-electron chi connectivity index (χ0n) is 14.5. The molecule has 126 valence electrons. The van der Waals surface area contributed by atoms with Crippen molar-refractivity contribution in [2.45, 2.75) is 27.4 Å². The molecule has 0 spiro atoms. The summed E-state index contributed by atoms with van der Waals surface area (Å²) in [5.74, 6) is -0.373. The van der Waals surface area contributed by atoms with Crippen LogP contribution in [0.1, 0.15) is 34.1 Å². The number of benzene rings is 1. The summed E-state index contributed by atoms with van der Waals surface area (Å²) in [6.07, 6.45) is 6.51.